The van der Waals surface area contributed by atoms with Crippen molar-refractivity contribution in [2.45, 2.75) is 38.3 Å². The molecule has 0 atom stereocenters. The standard InChI is InChI=1S/C23H22F3N3O2/c1-15-20(14-28-29(15)19-5-3-18(4-6-19)23(24,25)26)22(30)12-16-2-7-21(27-13-16)17-8-10-31-11-9-17/h2-7,13-14,17H,8-12H2,1H3. The van der Waals surface area contributed by atoms with Crippen LogP contribution in [0.1, 0.15) is 51.6 Å². The van der Waals surface area contributed by atoms with Crippen molar-refractivity contribution >= 4 is 5.78 Å². The molecule has 0 radical (unpaired) electrons. The molecule has 0 N–H and O–H groups in total. The minimum absolute atomic E-state index is 0.115. The predicted octanol–water partition coefficient (Wildman–Crippen LogP) is 4.91. The number of alkyl halides is 3. The van der Waals surface area contributed by atoms with Gasteiger partial charge in [-0.25, -0.2) is 4.68 Å². The maximum atomic E-state index is 12.8. The fourth-order valence-corrected chi connectivity index (χ4v) is 3.79. The summed E-state index contributed by atoms with van der Waals surface area (Å²) in [5.74, 6) is 0.277. The van der Waals surface area contributed by atoms with Gasteiger partial charge in [0.2, 0.25) is 0 Å². The van der Waals surface area contributed by atoms with Crippen molar-refractivity contribution in [1.82, 2.24) is 14.8 Å². The Balaban J connectivity index is 1.46. The number of aromatic nitrogens is 3. The molecule has 0 bridgehead atoms. The number of benzene rings is 1. The minimum atomic E-state index is -4.40. The largest absolute Gasteiger partial charge is 0.416 e. The van der Waals surface area contributed by atoms with Gasteiger partial charge in [0.15, 0.2) is 5.78 Å². The Hall–Kier alpha value is -3.00. The van der Waals surface area contributed by atoms with E-state index in [1.807, 2.05) is 12.1 Å². The van der Waals surface area contributed by atoms with Crippen LogP contribution in [-0.2, 0) is 17.3 Å². The molecule has 3 heterocycles. The number of rotatable bonds is 5. The van der Waals surface area contributed by atoms with Gasteiger partial charge in [0.05, 0.1) is 28.7 Å². The fourth-order valence-electron chi connectivity index (χ4n) is 3.79. The number of hydrogen-bond donors (Lipinski definition) is 0. The van der Waals surface area contributed by atoms with Crippen molar-refractivity contribution < 1.29 is 22.7 Å². The second-order valence-electron chi connectivity index (χ2n) is 7.68. The van der Waals surface area contributed by atoms with E-state index in [0.717, 1.165) is 49.4 Å². The molecule has 0 saturated carbocycles. The second-order valence-corrected chi connectivity index (χ2v) is 7.68. The van der Waals surface area contributed by atoms with Crippen molar-refractivity contribution in [3.05, 3.63) is 76.9 Å². The van der Waals surface area contributed by atoms with E-state index in [1.165, 1.54) is 23.0 Å². The lowest BCUT2D eigenvalue weighted by Gasteiger charge is -2.21. The van der Waals surface area contributed by atoms with E-state index in [9.17, 15) is 18.0 Å². The second kappa shape index (κ2) is 8.63. The van der Waals surface area contributed by atoms with Crippen LogP contribution in [0, 0.1) is 6.92 Å². The SMILES string of the molecule is Cc1c(C(=O)Cc2ccc(C3CCOCC3)nc2)cnn1-c1ccc(C(F)(F)F)cc1. The molecule has 8 heteroatoms. The van der Waals surface area contributed by atoms with Gasteiger partial charge in [-0.15, -0.1) is 0 Å². The Labute approximate surface area is 177 Å². The number of hydrogen-bond acceptors (Lipinski definition) is 4. The van der Waals surface area contributed by atoms with Crippen molar-refractivity contribution in [3.63, 3.8) is 0 Å². The molecule has 1 fully saturated rings. The number of ketones is 1. The molecule has 3 aromatic rings. The van der Waals surface area contributed by atoms with E-state index >= 15 is 0 Å². The topological polar surface area (TPSA) is 57.0 Å². The summed E-state index contributed by atoms with van der Waals surface area (Å²) in [5.41, 5.74) is 2.58. The molecule has 1 saturated heterocycles. The van der Waals surface area contributed by atoms with Crippen molar-refractivity contribution in [2.24, 2.45) is 0 Å². The molecule has 5 nitrogen and oxygen atoms in total. The zero-order valence-electron chi connectivity index (χ0n) is 17.0. The number of pyridine rings is 1. The number of carbonyl (C=O) groups excluding carboxylic acids is 1. The lowest BCUT2D eigenvalue weighted by molar-refractivity contribution is -0.137. The highest BCUT2D eigenvalue weighted by Crippen LogP contribution is 2.30. The summed E-state index contributed by atoms with van der Waals surface area (Å²) >= 11 is 0. The molecule has 0 spiro atoms. The minimum Gasteiger partial charge on any atom is -0.381 e. The third-order valence-electron chi connectivity index (χ3n) is 5.60. The normalized spacial score (nSPS) is 15.2. The molecule has 0 aliphatic carbocycles. The third kappa shape index (κ3) is 4.69. The van der Waals surface area contributed by atoms with E-state index in [4.69, 9.17) is 4.74 Å². The van der Waals surface area contributed by atoms with Crippen LogP contribution < -0.4 is 0 Å². The maximum absolute atomic E-state index is 12.8. The Kier molecular flexibility index (Phi) is 5.91. The van der Waals surface area contributed by atoms with Gasteiger partial charge in [-0.2, -0.15) is 18.3 Å². The first-order valence-electron chi connectivity index (χ1n) is 10.1. The Morgan fingerprint density at radius 3 is 2.42 bits per heavy atom. The van der Waals surface area contributed by atoms with E-state index in [1.54, 1.807) is 13.1 Å². The molecule has 1 aliphatic heterocycles. The average molecular weight is 429 g/mol. The van der Waals surface area contributed by atoms with E-state index < -0.39 is 11.7 Å². The lowest BCUT2D eigenvalue weighted by Crippen LogP contribution is -2.15. The molecule has 2 aromatic heterocycles. The molecule has 162 valence electrons. The van der Waals surface area contributed by atoms with Gasteiger partial charge in [0.25, 0.3) is 0 Å². The smallest absolute Gasteiger partial charge is 0.381 e. The number of halogens is 3. The highest BCUT2D eigenvalue weighted by Gasteiger charge is 2.30. The van der Waals surface area contributed by atoms with Crippen LogP contribution in [0.3, 0.4) is 0 Å². The summed E-state index contributed by atoms with van der Waals surface area (Å²) in [4.78, 5) is 17.3. The van der Waals surface area contributed by atoms with Crippen LogP contribution in [-0.4, -0.2) is 33.8 Å². The van der Waals surface area contributed by atoms with Crippen molar-refractivity contribution in [3.8, 4) is 5.69 Å². The Morgan fingerprint density at radius 1 is 1.10 bits per heavy atom. The first kappa shape index (κ1) is 21.2. The van der Waals surface area contributed by atoms with Crippen molar-refractivity contribution in [1.29, 1.82) is 0 Å². The molecular formula is C23H22F3N3O2. The van der Waals surface area contributed by atoms with Gasteiger partial charge in [-0.3, -0.25) is 9.78 Å². The van der Waals surface area contributed by atoms with Crippen LogP contribution in [0.15, 0.2) is 48.8 Å². The van der Waals surface area contributed by atoms with Crippen LogP contribution in [0.25, 0.3) is 5.69 Å². The van der Waals surface area contributed by atoms with Gasteiger partial charge in [0, 0.05) is 37.4 Å². The highest BCUT2D eigenvalue weighted by molar-refractivity contribution is 5.98. The third-order valence-corrected chi connectivity index (χ3v) is 5.60. The van der Waals surface area contributed by atoms with Gasteiger partial charge < -0.3 is 4.74 Å². The summed E-state index contributed by atoms with van der Waals surface area (Å²) in [5, 5.41) is 4.20. The summed E-state index contributed by atoms with van der Waals surface area (Å²) in [6, 6.07) is 8.58. The van der Waals surface area contributed by atoms with Crippen LogP contribution in [0.5, 0.6) is 0 Å². The average Bonchev–Trinajstić information content (AvgIpc) is 3.16. The molecule has 31 heavy (non-hydrogen) atoms. The van der Waals surface area contributed by atoms with Crippen LogP contribution in [0.2, 0.25) is 0 Å². The summed E-state index contributed by atoms with van der Waals surface area (Å²) in [7, 11) is 0. The first-order chi connectivity index (χ1) is 14.8. The Morgan fingerprint density at radius 2 is 1.81 bits per heavy atom. The Bertz CT molecular complexity index is 1050. The summed E-state index contributed by atoms with van der Waals surface area (Å²) in [6.45, 7) is 3.22. The van der Waals surface area contributed by atoms with E-state index in [0.29, 0.717) is 22.9 Å². The zero-order chi connectivity index (χ0) is 22.0. The number of Topliss-reactive ketones (excluding diaryl/α,β-unsaturated/α-hetero) is 1. The number of carbonyl (C=O) groups is 1. The van der Waals surface area contributed by atoms with Crippen molar-refractivity contribution in [2.75, 3.05) is 13.2 Å². The zero-order valence-corrected chi connectivity index (χ0v) is 17.0. The van der Waals surface area contributed by atoms with E-state index in [2.05, 4.69) is 10.1 Å². The molecule has 4 rings (SSSR count). The molecule has 0 unspecified atom stereocenters. The quantitative estimate of drug-likeness (QED) is 0.541. The molecule has 1 aromatic carbocycles. The van der Waals surface area contributed by atoms with Crippen LogP contribution in [0.4, 0.5) is 13.2 Å². The van der Waals surface area contributed by atoms with Gasteiger partial charge in [-0.1, -0.05) is 6.07 Å². The van der Waals surface area contributed by atoms with Gasteiger partial charge in [0.1, 0.15) is 0 Å². The van der Waals surface area contributed by atoms with Crippen LogP contribution >= 0.6 is 0 Å². The molecular weight excluding hydrogens is 407 g/mol. The number of nitrogens with zero attached hydrogens (tertiary/aromatic N) is 3. The summed E-state index contributed by atoms with van der Waals surface area (Å²) in [6.07, 6.45) is 0.881. The van der Waals surface area contributed by atoms with E-state index in [-0.39, 0.29) is 12.2 Å². The molecule has 1 aliphatic rings. The fraction of sp³-hybridized carbons (Fsp3) is 0.348. The monoisotopic (exact) mass is 429 g/mol. The maximum Gasteiger partial charge on any atom is 0.416 e. The highest BCUT2D eigenvalue weighted by atomic mass is 19.4. The first-order valence-corrected chi connectivity index (χ1v) is 10.1. The van der Waals surface area contributed by atoms with Gasteiger partial charge in [-0.05, 0) is 55.7 Å². The predicted molar refractivity (Wildman–Crippen MR) is 108 cm³/mol. The van der Waals surface area contributed by atoms with Gasteiger partial charge >= 0.3 is 6.18 Å². The lowest BCUT2D eigenvalue weighted by atomic mass is 9.95. The molecule has 0 amide bonds. The summed E-state index contributed by atoms with van der Waals surface area (Å²) < 4.78 is 45.2. The number of ether oxygens (including phenoxy) is 1.